The number of anilines is 2. The number of unbranched alkanes of at least 4 members (excludes halogenated alkanes) is 1. The van der Waals surface area contributed by atoms with Gasteiger partial charge in [-0.1, -0.05) is 13.3 Å². The smallest absolute Gasteiger partial charge is 0.229 e. The molecule has 0 fully saturated rings. The number of hydrogen-bond acceptors (Lipinski definition) is 3. The molecular weight excluding hydrogens is 304 g/mol. The normalized spacial score (nSPS) is 11.2. The third-order valence-corrected chi connectivity index (χ3v) is 3.41. The van der Waals surface area contributed by atoms with Gasteiger partial charge < -0.3 is 5.32 Å². The molecule has 0 aromatic heterocycles. The summed E-state index contributed by atoms with van der Waals surface area (Å²) >= 11 is 3.42. The van der Waals surface area contributed by atoms with Crippen LogP contribution in [0.2, 0.25) is 0 Å². The van der Waals surface area contributed by atoms with E-state index in [0.717, 1.165) is 35.8 Å². The lowest BCUT2D eigenvalue weighted by atomic mass is 10.2. The fourth-order valence-electron chi connectivity index (χ4n) is 1.34. The zero-order chi connectivity index (χ0) is 12.9. The van der Waals surface area contributed by atoms with Gasteiger partial charge in [0.15, 0.2) is 0 Å². The van der Waals surface area contributed by atoms with Crippen molar-refractivity contribution >= 4 is 37.3 Å². The van der Waals surface area contributed by atoms with E-state index >= 15 is 0 Å². The van der Waals surface area contributed by atoms with Crippen LogP contribution in [0.4, 0.5) is 11.4 Å². The summed E-state index contributed by atoms with van der Waals surface area (Å²) in [7, 11) is -3.23. The average Bonchev–Trinajstić information content (AvgIpc) is 2.21. The van der Waals surface area contributed by atoms with E-state index < -0.39 is 10.0 Å². The second-order valence-electron chi connectivity index (χ2n) is 3.85. The van der Waals surface area contributed by atoms with Crippen molar-refractivity contribution in [3.63, 3.8) is 0 Å². The lowest BCUT2D eigenvalue weighted by Crippen LogP contribution is -2.10. The first kappa shape index (κ1) is 14.3. The highest BCUT2D eigenvalue weighted by molar-refractivity contribution is 9.10. The molecule has 2 N–H and O–H groups in total. The Morgan fingerprint density at radius 2 is 2.06 bits per heavy atom. The van der Waals surface area contributed by atoms with Gasteiger partial charge in [-0.3, -0.25) is 4.72 Å². The van der Waals surface area contributed by atoms with E-state index in [0.29, 0.717) is 5.69 Å². The molecule has 0 aliphatic carbocycles. The number of rotatable bonds is 6. The molecule has 0 amide bonds. The van der Waals surface area contributed by atoms with Crippen molar-refractivity contribution in [3.05, 3.63) is 22.7 Å². The van der Waals surface area contributed by atoms with Crippen molar-refractivity contribution < 1.29 is 8.42 Å². The van der Waals surface area contributed by atoms with E-state index in [9.17, 15) is 8.42 Å². The van der Waals surface area contributed by atoms with Crippen LogP contribution in [0.1, 0.15) is 19.8 Å². The number of sulfonamides is 1. The number of halogens is 1. The molecule has 0 bridgehead atoms. The molecule has 1 aromatic carbocycles. The van der Waals surface area contributed by atoms with Gasteiger partial charge in [-0.05, 0) is 40.5 Å². The molecule has 0 aliphatic rings. The Balaban J connectivity index is 2.79. The molecule has 0 radical (unpaired) electrons. The maximum Gasteiger partial charge on any atom is 0.229 e. The lowest BCUT2D eigenvalue weighted by Gasteiger charge is -2.11. The van der Waals surface area contributed by atoms with Crippen LogP contribution in [-0.4, -0.2) is 21.2 Å². The standard InChI is InChI=1S/C11H17BrN2O2S/c1-3-4-7-13-11-8-9(5-6-10(11)12)14-17(2,15)16/h5-6,8,13-14H,3-4,7H2,1-2H3. The zero-order valence-corrected chi connectivity index (χ0v) is 12.4. The van der Waals surface area contributed by atoms with Crippen molar-refractivity contribution in [2.45, 2.75) is 19.8 Å². The van der Waals surface area contributed by atoms with Gasteiger partial charge in [-0.25, -0.2) is 8.42 Å². The molecule has 1 aromatic rings. The second-order valence-corrected chi connectivity index (χ2v) is 6.45. The van der Waals surface area contributed by atoms with Crippen LogP contribution in [0.15, 0.2) is 22.7 Å². The van der Waals surface area contributed by atoms with Gasteiger partial charge in [-0.15, -0.1) is 0 Å². The molecular formula is C11H17BrN2O2S. The molecule has 17 heavy (non-hydrogen) atoms. The topological polar surface area (TPSA) is 58.2 Å². The minimum absolute atomic E-state index is 0.565. The SMILES string of the molecule is CCCCNc1cc(NS(C)(=O)=O)ccc1Br. The molecule has 0 heterocycles. The fraction of sp³-hybridized carbons (Fsp3) is 0.455. The van der Waals surface area contributed by atoms with Crippen LogP contribution < -0.4 is 10.0 Å². The van der Waals surface area contributed by atoms with Crippen molar-refractivity contribution in [3.8, 4) is 0 Å². The highest BCUT2D eigenvalue weighted by Gasteiger charge is 2.05. The Morgan fingerprint density at radius 3 is 2.65 bits per heavy atom. The quantitative estimate of drug-likeness (QED) is 0.792. The summed E-state index contributed by atoms with van der Waals surface area (Å²) in [6.45, 7) is 3.00. The summed E-state index contributed by atoms with van der Waals surface area (Å²) < 4.78 is 25.6. The summed E-state index contributed by atoms with van der Waals surface area (Å²) in [6, 6.07) is 5.32. The van der Waals surface area contributed by atoms with Crippen molar-refractivity contribution in [1.29, 1.82) is 0 Å². The van der Waals surface area contributed by atoms with Gasteiger partial charge in [-0.2, -0.15) is 0 Å². The Kier molecular flexibility index (Phi) is 5.27. The van der Waals surface area contributed by atoms with E-state index in [2.05, 4.69) is 32.9 Å². The predicted octanol–water partition coefficient (Wildman–Crippen LogP) is 3.03. The molecule has 0 atom stereocenters. The Hall–Kier alpha value is -0.750. The maximum atomic E-state index is 11.1. The number of hydrogen-bond donors (Lipinski definition) is 2. The Bertz CT molecular complexity index is 474. The van der Waals surface area contributed by atoms with Crippen molar-refractivity contribution in [2.24, 2.45) is 0 Å². The molecule has 0 aliphatic heterocycles. The van der Waals surface area contributed by atoms with Crippen molar-refractivity contribution in [2.75, 3.05) is 22.8 Å². The first-order chi connectivity index (χ1) is 7.92. The predicted molar refractivity (Wildman–Crippen MR) is 76.0 cm³/mol. The molecule has 0 saturated heterocycles. The fourth-order valence-corrected chi connectivity index (χ4v) is 2.28. The van der Waals surface area contributed by atoms with Gasteiger partial charge in [0.05, 0.1) is 17.6 Å². The first-order valence-electron chi connectivity index (χ1n) is 5.43. The highest BCUT2D eigenvalue weighted by Crippen LogP contribution is 2.26. The van der Waals surface area contributed by atoms with Gasteiger partial charge in [0.25, 0.3) is 0 Å². The van der Waals surface area contributed by atoms with Crippen LogP contribution in [-0.2, 0) is 10.0 Å². The minimum atomic E-state index is -3.23. The summed E-state index contributed by atoms with van der Waals surface area (Å²) in [4.78, 5) is 0. The monoisotopic (exact) mass is 320 g/mol. The largest absolute Gasteiger partial charge is 0.384 e. The Labute approximate surface area is 111 Å². The second kappa shape index (κ2) is 6.26. The molecule has 0 unspecified atom stereocenters. The number of benzene rings is 1. The summed E-state index contributed by atoms with van der Waals surface area (Å²) in [6.07, 6.45) is 3.33. The first-order valence-corrected chi connectivity index (χ1v) is 8.12. The third-order valence-electron chi connectivity index (χ3n) is 2.12. The zero-order valence-electron chi connectivity index (χ0n) is 9.96. The minimum Gasteiger partial charge on any atom is -0.384 e. The summed E-state index contributed by atoms with van der Waals surface area (Å²) in [5, 5.41) is 3.26. The molecule has 6 heteroatoms. The van der Waals surface area contributed by atoms with Gasteiger partial charge in [0.2, 0.25) is 10.0 Å². The summed E-state index contributed by atoms with van der Waals surface area (Å²) in [5.74, 6) is 0. The molecule has 4 nitrogen and oxygen atoms in total. The van der Waals surface area contributed by atoms with E-state index in [1.54, 1.807) is 12.1 Å². The van der Waals surface area contributed by atoms with Crippen molar-refractivity contribution in [1.82, 2.24) is 0 Å². The maximum absolute atomic E-state index is 11.1. The van der Waals surface area contributed by atoms with Gasteiger partial charge in [0.1, 0.15) is 0 Å². The van der Waals surface area contributed by atoms with E-state index in [1.807, 2.05) is 6.07 Å². The third kappa shape index (κ3) is 5.41. The van der Waals surface area contributed by atoms with Crippen LogP contribution in [0.25, 0.3) is 0 Å². The molecule has 96 valence electrons. The van der Waals surface area contributed by atoms with Crippen LogP contribution in [0.3, 0.4) is 0 Å². The van der Waals surface area contributed by atoms with E-state index in [-0.39, 0.29) is 0 Å². The highest BCUT2D eigenvalue weighted by atomic mass is 79.9. The molecule has 0 saturated carbocycles. The van der Waals surface area contributed by atoms with Gasteiger partial charge in [0, 0.05) is 11.0 Å². The Morgan fingerprint density at radius 1 is 1.35 bits per heavy atom. The van der Waals surface area contributed by atoms with Crippen LogP contribution in [0, 0.1) is 0 Å². The summed E-state index contributed by atoms with van der Waals surface area (Å²) in [5.41, 5.74) is 1.46. The lowest BCUT2D eigenvalue weighted by molar-refractivity contribution is 0.607. The van der Waals surface area contributed by atoms with Gasteiger partial charge >= 0.3 is 0 Å². The molecule has 0 spiro atoms. The van der Waals surface area contributed by atoms with Crippen LogP contribution in [0.5, 0.6) is 0 Å². The molecule has 1 rings (SSSR count). The van der Waals surface area contributed by atoms with E-state index in [4.69, 9.17) is 0 Å². The van der Waals surface area contributed by atoms with E-state index in [1.165, 1.54) is 0 Å². The van der Waals surface area contributed by atoms with Crippen LogP contribution >= 0.6 is 15.9 Å². The average molecular weight is 321 g/mol. The number of nitrogens with one attached hydrogen (secondary N) is 2.